The Morgan fingerprint density at radius 2 is 1.50 bits per heavy atom. The Hall–Kier alpha value is -1.31. The third-order valence-electron chi connectivity index (χ3n) is 1.95. The van der Waals surface area contributed by atoms with Gasteiger partial charge in [-0.2, -0.15) is 0 Å². The van der Waals surface area contributed by atoms with Crippen molar-refractivity contribution >= 4 is 11.6 Å². The lowest BCUT2D eigenvalue weighted by molar-refractivity contribution is -0.116. The minimum Gasteiger partial charge on any atom is -0.315 e. The number of hydrogen-bond acceptors (Lipinski definition) is 1. The van der Waals surface area contributed by atoms with Crippen molar-refractivity contribution in [3.63, 3.8) is 0 Å². The monoisotopic (exact) mass is 223 g/mol. The van der Waals surface area contributed by atoms with Gasteiger partial charge in [-0.3, -0.25) is 4.79 Å². The molecule has 1 aromatic rings. The standard InChI is InChI=1S/C10H13NO.2C2H6/c1-8-6-4-5-7-10(8)11(3)9(2)12;2*1-2/h4-7H,1-3H3;2*1-2H3. The van der Waals surface area contributed by atoms with Crippen LogP contribution in [0.3, 0.4) is 0 Å². The smallest absolute Gasteiger partial charge is 0.223 e. The number of aryl methyl sites for hydroxylation is 1. The van der Waals surface area contributed by atoms with Crippen LogP contribution in [0.15, 0.2) is 24.3 Å². The Kier molecular flexibility index (Phi) is 10.9. The summed E-state index contributed by atoms with van der Waals surface area (Å²) in [6.45, 7) is 11.6. The third kappa shape index (κ3) is 5.54. The van der Waals surface area contributed by atoms with Gasteiger partial charge in [-0.25, -0.2) is 0 Å². The molecule has 2 heteroatoms. The lowest BCUT2D eigenvalue weighted by Crippen LogP contribution is -2.23. The van der Waals surface area contributed by atoms with E-state index in [0.717, 1.165) is 11.3 Å². The van der Waals surface area contributed by atoms with Crippen molar-refractivity contribution < 1.29 is 4.79 Å². The summed E-state index contributed by atoms with van der Waals surface area (Å²) in [6.07, 6.45) is 0. The molecule has 1 amide bonds. The van der Waals surface area contributed by atoms with Crippen LogP contribution in [0.25, 0.3) is 0 Å². The van der Waals surface area contributed by atoms with Crippen LogP contribution in [0.1, 0.15) is 40.2 Å². The summed E-state index contributed by atoms with van der Waals surface area (Å²) in [5, 5.41) is 0. The second kappa shape index (κ2) is 10.2. The number of amides is 1. The average Bonchev–Trinajstić information content (AvgIpc) is 2.34. The molecule has 0 N–H and O–H groups in total. The van der Waals surface area contributed by atoms with E-state index >= 15 is 0 Å². The van der Waals surface area contributed by atoms with E-state index in [0.29, 0.717) is 0 Å². The van der Waals surface area contributed by atoms with Crippen molar-refractivity contribution in [2.24, 2.45) is 0 Å². The van der Waals surface area contributed by atoms with Gasteiger partial charge >= 0.3 is 0 Å². The Balaban J connectivity index is 0. The molecule has 0 saturated carbocycles. The molecule has 0 radical (unpaired) electrons. The van der Waals surface area contributed by atoms with Gasteiger partial charge in [0.15, 0.2) is 0 Å². The first kappa shape index (κ1) is 17.1. The van der Waals surface area contributed by atoms with Crippen molar-refractivity contribution in [1.29, 1.82) is 0 Å². The van der Waals surface area contributed by atoms with Gasteiger partial charge in [-0.05, 0) is 18.6 Å². The summed E-state index contributed by atoms with van der Waals surface area (Å²) in [6, 6.07) is 7.83. The van der Waals surface area contributed by atoms with Crippen LogP contribution in [-0.4, -0.2) is 13.0 Å². The zero-order valence-corrected chi connectivity index (χ0v) is 11.7. The van der Waals surface area contributed by atoms with Gasteiger partial charge in [-0.15, -0.1) is 0 Å². The fourth-order valence-electron chi connectivity index (χ4n) is 1.11. The average molecular weight is 223 g/mol. The maximum absolute atomic E-state index is 11.0. The zero-order chi connectivity index (χ0) is 13.1. The molecule has 0 aliphatic heterocycles. The highest BCUT2D eigenvalue weighted by molar-refractivity contribution is 5.91. The number of anilines is 1. The molecule has 0 spiro atoms. The van der Waals surface area contributed by atoms with Crippen LogP contribution >= 0.6 is 0 Å². The van der Waals surface area contributed by atoms with Crippen LogP contribution in [0, 0.1) is 6.92 Å². The van der Waals surface area contributed by atoms with Crippen LogP contribution in [0.2, 0.25) is 0 Å². The number of benzene rings is 1. The highest BCUT2D eigenvalue weighted by Crippen LogP contribution is 2.17. The van der Waals surface area contributed by atoms with Gasteiger partial charge < -0.3 is 4.90 Å². The number of nitrogens with zero attached hydrogens (tertiary/aromatic N) is 1. The summed E-state index contributed by atoms with van der Waals surface area (Å²) in [4.78, 5) is 12.7. The van der Waals surface area contributed by atoms with Gasteiger partial charge in [0.2, 0.25) is 5.91 Å². The van der Waals surface area contributed by atoms with E-state index in [1.54, 1.807) is 18.9 Å². The van der Waals surface area contributed by atoms with Gasteiger partial charge in [0, 0.05) is 19.7 Å². The van der Waals surface area contributed by atoms with Crippen molar-refractivity contribution in [2.75, 3.05) is 11.9 Å². The van der Waals surface area contributed by atoms with E-state index in [1.165, 1.54) is 0 Å². The summed E-state index contributed by atoms with van der Waals surface area (Å²) >= 11 is 0. The number of carbonyl (C=O) groups excluding carboxylic acids is 1. The van der Waals surface area contributed by atoms with E-state index in [-0.39, 0.29) is 5.91 Å². The molecule has 1 aromatic carbocycles. The molecule has 0 aromatic heterocycles. The molecule has 0 fully saturated rings. The highest BCUT2D eigenvalue weighted by Gasteiger charge is 2.06. The molecule has 92 valence electrons. The fourth-order valence-corrected chi connectivity index (χ4v) is 1.11. The van der Waals surface area contributed by atoms with Crippen LogP contribution in [-0.2, 0) is 4.79 Å². The molecule has 0 bridgehead atoms. The summed E-state index contributed by atoms with van der Waals surface area (Å²) < 4.78 is 0. The SMILES string of the molecule is CC.CC.CC(=O)N(C)c1ccccc1C. The lowest BCUT2D eigenvalue weighted by Gasteiger charge is -2.16. The van der Waals surface area contributed by atoms with Crippen LogP contribution in [0.5, 0.6) is 0 Å². The molecule has 0 atom stereocenters. The molecule has 2 nitrogen and oxygen atoms in total. The quantitative estimate of drug-likeness (QED) is 0.704. The Morgan fingerprint density at radius 1 is 1.06 bits per heavy atom. The second-order valence-electron chi connectivity index (χ2n) is 2.86. The first-order valence-corrected chi connectivity index (χ1v) is 5.93. The topological polar surface area (TPSA) is 20.3 Å². The van der Waals surface area contributed by atoms with E-state index in [9.17, 15) is 4.79 Å². The van der Waals surface area contributed by atoms with Gasteiger partial charge in [-0.1, -0.05) is 45.9 Å². The molecule has 0 unspecified atom stereocenters. The van der Waals surface area contributed by atoms with Crippen molar-refractivity contribution in [1.82, 2.24) is 0 Å². The highest BCUT2D eigenvalue weighted by atomic mass is 16.2. The molecule has 0 aliphatic carbocycles. The van der Waals surface area contributed by atoms with E-state index < -0.39 is 0 Å². The minimum absolute atomic E-state index is 0.0595. The molecule has 0 saturated heterocycles. The van der Waals surface area contributed by atoms with Crippen molar-refractivity contribution in [2.45, 2.75) is 41.5 Å². The maximum Gasteiger partial charge on any atom is 0.223 e. The predicted octanol–water partition coefficient (Wildman–Crippen LogP) is 4.03. The maximum atomic E-state index is 11.0. The summed E-state index contributed by atoms with van der Waals surface area (Å²) in [7, 11) is 1.78. The van der Waals surface area contributed by atoms with Crippen LogP contribution in [0.4, 0.5) is 5.69 Å². The normalized spacial score (nSPS) is 7.94. The third-order valence-corrected chi connectivity index (χ3v) is 1.95. The minimum atomic E-state index is 0.0595. The van der Waals surface area contributed by atoms with E-state index in [4.69, 9.17) is 0 Å². The number of hydrogen-bond donors (Lipinski definition) is 0. The molecular weight excluding hydrogens is 198 g/mol. The largest absolute Gasteiger partial charge is 0.315 e. The van der Waals surface area contributed by atoms with Crippen LogP contribution < -0.4 is 4.90 Å². The number of carbonyl (C=O) groups is 1. The summed E-state index contributed by atoms with van der Waals surface area (Å²) in [5.41, 5.74) is 2.10. The predicted molar refractivity (Wildman–Crippen MR) is 73.0 cm³/mol. The fraction of sp³-hybridized carbons (Fsp3) is 0.500. The van der Waals surface area contributed by atoms with E-state index in [2.05, 4.69) is 0 Å². The van der Waals surface area contributed by atoms with Gasteiger partial charge in [0.25, 0.3) is 0 Å². The molecule has 0 heterocycles. The first-order chi connectivity index (χ1) is 7.63. The van der Waals surface area contributed by atoms with Gasteiger partial charge in [0.05, 0.1) is 0 Å². The Labute approximate surface area is 100 Å². The Morgan fingerprint density at radius 3 is 1.88 bits per heavy atom. The molecule has 0 aliphatic rings. The zero-order valence-electron chi connectivity index (χ0n) is 11.7. The molecule has 1 rings (SSSR count). The van der Waals surface area contributed by atoms with Crippen molar-refractivity contribution in [3.8, 4) is 0 Å². The molecule has 16 heavy (non-hydrogen) atoms. The van der Waals surface area contributed by atoms with Crippen molar-refractivity contribution in [3.05, 3.63) is 29.8 Å². The second-order valence-corrected chi connectivity index (χ2v) is 2.86. The van der Waals surface area contributed by atoms with E-state index in [1.807, 2.05) is 58.9 Å². The van der Waals surface area contributed by atoms with Gasteiger partial charge in [0.1, 0.15) is 0 Å². The number of para-hydroxylation sites is 1. The number of rotatable bonds is 1. The Bertz CT molecular complexity index is 295. The first-order valence-electron chi connectivity index (χ1n) is 5.93. The lowest BCUT2D eigenvalue weighted by atomic mass is 10.2. The summed E-state index contributed by atoms with van der Waals surface area (Å²) in [5.74, 6) is 0.0595. The molecular formula is C14H25NO.